The maximum atomic E-state index is 5.27. The fraction of sp³-hybridized carbons (Fsp3) is 0.286. The monoisotopic (exact) mass is 194 g/mol. The molecule has 0 spiro atoms. The van der Waals surface area contributed by atoms with Gasteiger partial charge in [0, 0.05) is 19.5 Å². The van der Waals surface area contributed by atoms with Crippen LogP contribution in [-0.4, -0.2) is 26.7 Å². The topological polar surface area (TPSA) is 90.4 Å². The Morgan fingerprint density at radius 2 is 2.43 bits per heavy atom. The summed E-state index contributed by atoms with van der Waals surface area (Å²) in [4.78, 5) is 4.00. The van der Waals surface area contributed by atoms with Crippen LogP contribution in [0.15, 0.2) is 12.4 Å². The van der Waals surface area contributed by atoms with Crippen LogP contribution in [-0.2, 0) is 11.3 Å². The number of nitrogens with zero attached hydrogens (tertiary/aromatic N) is 4. The number of aromatic nitrogens is 4. The highest BCUT2D eigenvalue weighted by Gasteiger charge is 2.08. The quantitative estimate of drug-likeness (QED) is 0.508. The fourth-order valence-electron chi connectivity index (χ4n) is 1.20. The van der Waals surface area contributed by atoms with E-state index in [1.807, 2.05) is 0 Å². The second-order valence-corrected chi connectivity index (χ2v) is 2.66. The van der Waals surface area contributed by atoms with Crippen LogP contribution in [0.25, 0.3) is 5.65 Å². The lowest BCUT2D eigenvalue weighted by molar-refractivity contribution is 0.177. The zero-order chi connectivity index (χ0) is 9.97. The molecular formula is C7H10N6O. The average Bonchev–Trinajstić information content (AvgIpc) is 2.62. The predicted molar refractivity (Wildman–Crippen MR) is 49.3 cm³/mol. The van der Waals surface area contributed by atoms with E-state index in [1.54, 1.807) is 23.9 Å². The molecule has 0 radical (unpaired) electrons. The minimum atomic E-state index is 0.398. The zero-order valence-corrected chi connectivity index (χ0v) is 7.64. The van der Waals surface area contributed by atoms with Gasteiger partial charge < -0.3 is 10.2 Å². The molecule has 0 amide bonds. The van der Waals surface area contributed by atoms with Gasteiger partial charge in [0.2, 0.25) is 5.65 Å². The van der Waals surface area contributed by atoms with Crippen LogP contribution in [0.2, 0.25) is 0 Å². The van der Waals surface area contributed by atoms with Crippen molar-refractivity contribution in [1.82, 2.24) is 19.6 Å². The van der Waals surface area contributed by atoms with E-state index in [4.69, 9.17) is 10.6 Å². The Labute approximate surface area is 79.9 Å². The molecule has 7 nitrogen and oxygen atoms in total. The Kier molecular flexibility index (Phi) is 2.25. The van der Waals surface area contributed by atoms with Crippen LogP contribution in [0.1, 0.15) is 5.82 Å². The molecular weight excluding hydrogens is 184 g/mol. The molecule has 0 aliphatic carbocycles. The summed E-state index contributed by atoms with van der Waals surface area (Å²) >= 11 is 0. The summed E-state index contributed by atoms with van der Waals surface area (Å²) in [5, 5.41) is 7.88. The molecule has 0 bridgehead atoms. The van der Waals surface area contributed by atoms with E-state index in [9.17, 15) is 0 Å². The maximum Gasteiger partial charge on any atom is 0.205 e. The predicted octanol–water partition coefficient (Wildman–Crippen LogP) is -0.444. The van der Waals surface area contributed by atoms with Crippen molar-refractivity contribution in [1.29, 1.82) is 0 Å². The molecule has 0 unspecified atom stereocenters. The standard InChI is InChI=1S/C7H10N6O/c1-14-4-5-11-12-7-6(10-8)9-2-3-13(5)7/h2-3H,4,8H2,1H3,(H,9,10). The van der Waals surface area contributed by atoms with Crippen LogP contribution >= 0.6 is 0 Å². The highest BCUT2D eigenvalue weighted by Crippen LogP contribution is 2.10. The lowest BCUT2D eigenvalue weighted by atomic mass is 10.5. The molecule has 0 atom stereocenters. The van der Waals surface area contributed by atoms with Gasteiger partial charge >= 0.3 is 0 Å². The summed E-state index contributed by atoms with van der Waals surface area (Å²) in [5.41, 5.74) is 3.04. The zero-order valence-electron chi connectivity index (χ0n) is 7.64. The summed E-state index contributed by atoms with van der Waals surface area (Å²) < 4.78 is 6.74. The van der Waals surface area contributed by atoms with E-state index in [-0.39, 0.29) is 0 Å². The third kappa shape index (κ3) is 1.28. The summed E-state index contributed by atoms with van der Waals surface area (Å²) in [5.74, 6) is 6.47. The normalized spacial score (nSPS) is 10.7. The number of nitrogens with one attached hydrogen (secondary N) is 1. The number of fused-ring (bicyclic) bond motifs is 1. The van der Waals surface area contributed by atoms with Crippen molar-refractivity contribution >= 4 is 11.5 Å². The summed E-state index contributed by atoms with van der Waals surface area (Å²) in [6, 6.07) is 0. The number of methoxy groups -OCH3 is 1. The molecule has 0 saturated carbocycles. The molecule has 74 valence electrons. The average molecular weight is 194 g/mol. The summed E-state index contributed by atoms with van der Waals surface area (Å²) in [7, 11) is 1.60. The molecule has 2 aromatic rings. The van der Waals surface area contributed by atoms with Gasteiger partial charge in [-0.2, -0.15) is 0 Å². The first-order valence-electron chi connectivity index (χ1n) is 4.01. The molecule has 2 rings (SSSR count). The van der Waals surface area contributed by atoms with Crippen molar-refractivity contribution in [2.24, 2.45) is 5.84 Å². The van der Waals surface area contributed by atoms with E-state index >= 15 is 0 Å². The smallest absolute Gasteiger partial charge is 0.205 e. The van der Waals surface area contributed by atoms with Crippen molar-refractivity contribution in [2.45, 2.75) is 6.61 Å². The molecule has 0 aromatic carbocycles. The van der Waals surface area contributed by atoms with Gasteiger partial charge in [-0.15, -0.1) is 10.2 Å². The second kappa shape index (κ2) is 3.56. The third-order valence-corrected chi connectivity index (χ3v) is 1.81. The van der Waals surface area contributed by atoms with Crippen molar-refractivity contribution in [3.8, 4) is 0 Å². The highest BCUT2D eigenvalue weighted by atomic mass is 16.5. The summed E-state index contributed by atoms with van der Waals surface area (Å²) in [6.07, 6.45) is 3.37. The number of hydrogen-bond acceptors (Lipinski definition) is 6. The van der Waals surface area contributed by atoms with Gasteiger partial charge in [0.25, 0.3) is 0 Å². The van der Waals surface area contributed by atoms with Gasteiger partial charge in [0.05, 0.1) is 0 Å². The number of hydrazine groups is 1. The van der Waals surface area contributed by atoms with Crippen LogP contribution < -0.4 is 11.3 Å². The maximum absolute atomic E-state index is 5.27. The van der Waals surface area contributed by atoms with Crippen molar-refractivity contribution in [2.75, 3.05) is 12.5 Å². The summed E-state index contributed by atoms with van der Waals surface area (Å²) in [6.45, 7) is 0.398. The van der Waals surface area contributed by atoms with Gasteiger partial charge in [0.15, 0.2) is 11.6 Å². The van der Waals surface area contributed by atoms with Crippen molar-refractivity contribution < 1.29 is 4.74 Å². The molecule has 0 fully saturated rings. The van der Waals surface area contributed by atoms with Gasteiger partial charge in [-0.1, -0.05) is 0 Å². The van der Waals surface area contributed by atoms with Gasteiger partial charge in [-0.3, -0.25) is 4.40 Å². The van der Waals surface area contributed by atoms with E-state index < -0.39 is 0 Å². The second-order valence-electron chi connectivity index (χ2n) is 2.66. The highest BCUT2D eigenvalue weighted by molar-refractivity contribution is 5.61. The Hall–Kier alpha value is -1.73. The van der Waals surface area contributed by atoms with Crippen LogP contribution in [0.3, 0.4) is 0 Å². The molecule has 7 heteroatoms. The Balaban J connectivity index is 2.57. The Bertz CT molecular complexity index is 439. The number of nitrogens with two attached hydrogens (primary N) is 1. The number of nitrogen functional groups attached to an aromatic ring is 1. The van der Waals surface area contributed by atoms with E-state index in [0.717, 1.165) is 0 Å². The van der Waals surface area contributed by atoms with Gasteiger partial charge in [-0.05, 0) is 0 Å². The number of hydrogen-bond donors (Lipinski definition) is 2. The molecule has 2 heterocycles. The molecule has 0 aliphatic rings. The first-order chi connectivity index (χ1) is 6.86. The molecule has 3 N–H and O–H groups in total. The number of rotatable bonds is 3. The number of ether oxygens (including phenoxy) is 1. The number of anilines is 1. The lowest BCUT2D eigenvalue weighted by Gasteiger charge is -2.00. The van der Waals surface area contributed by atoms with Crippen LogP contribution in [0.4, 0.5) is 5.82 Å². The Morgan fingerprint density at radius 1 is 1.57 bits per heavy atom. The van der Waals surface area contributed by atoms with Crippen LogP contribution in [0, 0.1) is 0 Å². The molecule has 14 heavy (non-hydrogen) atoms. The lowest BCUT2D eigenvalue weighted by Crippen LogP contribution is -2.10. The van der Waals surface area contributed by atoms with E-state index in [0.29, 0.717) is 23.9 Å². The van der Waals surface area contributed by atoms with Crippen molar-refractivity contribution in [3.63, 3.8) is 0 Å². The largest absolute Gasteiger partial charge is 0.377 e. The van der Waals surface area contributed by atoms with Gasteiger partial charge in [0.1, 0.15) is 6.61 Å². The minimum absolute atomic E-state index is 0.398. The molecule has 0 aliphatic heterocycles. The Morgan fingerprint density at radius 3 is 3.14 bits per heavy atom. The fourth-order valence-corrected chi connectivity index (χ4v) is 1.20. The minimum Gasteiger partial charge on any atom is -0.377 e. The molecule has 2 aromatic heterocycles. The van der Waals surface area contributed by atoms with Crippen molar-refractivity contribution in [3.05, 3.63) is 18.2 Å². The van der Waals surface area contributed by atoms with Crippen LogP contribution in [0.5, 0.6) is 0 Å². The SMILES string of the molecule is COCc1nnc2c(NN)nccn12. The molecule has 0 saturated heterocycles. The van der Waals surface area contributed by atoms with E-state index in [2.05, 4.69) is 20.6 Å². The first kappa shape index (κ1) is 8.85. The van der Waals surface area contributed by atoms with Gasteiger partial charge in [-0.25, -0.2) is 10.8 Å². The first-order valence-corrected chi connectivity index (χ1v) is 4.01. The third-order valence-electron chi connectivity index (χ3n) is 1.81. The van der Waals surface area contributed by atoms with E-state index in [1.165, 1.54) is 0 Å².